The van der Waals surface area contributed by atoms with Crippen molar-refractivity contribution in [2.75, 3.05) is 18.2 Å². The van der Waals surface area contributed by atoms with Gasteiger partial charge in [0.25, 0.3) is 0 Å². The Kier molecular flexibility index (Phi) is 6.69. The SMILES string of the molecule is COCc1cc(C)nc(SCC(=O)Nc2sc3c(c2C#N)CCCC3)c1C#N. The van der Waals surface area contributed by atoms with E-state index >= 15 is 0 Å². The van der Waals surface area contributed by atoms with E-state index in [1.54, 1.807) is 7.11 Å². The van der Waals surface area contributed by atoms with Gasteiger partial charge in [-0.15, -0.1) is 11.3 Å². The molecule has 0 saturated carbocycles. The van der Waals surface area contributed by atoms with Crippen LogP contribution in [0.2, 0.25) is 0 Å². The van der Waals surface area contributed by atoms with E-state index in [-0.39, 0.29) is 11.7 Å². The van der Waals surface area contributed by atoms with Gasteiger partial charge in [-0.05, 0) is 49.8 Å². The smallest absolute Gasteiger partial charge is 0.235 e. The Morgan fingerprint density at radius 2 is 2.07 bits per heavy atom. The first-order valence-electron chi connectivity index (χ1n) is 8.94. The van der Waals surface area contributed by atoms with Crippen molar-refractivity contribution in [1.29, 1.82) is 10.5 Å². The van der Waals surface area contributed by atoms with E-state index in [4.69, 9.17) is 4.74 Å². The first-order chi connectivity index (χ1) is 13.6. The molecule has 1 N–H and O–H groups in total. The van der Waals surface area contributed by atoms with E-state index in [0.29, 0.717) is 27.8 Å². The Hall–Kier alpha value is -2.39. The maximum atomic E-state index is 12.5. The third-order valence-corrected chi connectivity index (χ3v) is 6.67. The van der Waals surface area contributed by atoms with Gasteiger partial charge in [0.15, 0.2) is 0 Å². The first kappa shape index (κ1) is 20.3. The third kappa shape index (κ3) is 4.36. The highest BCUT2D eigenvalue weighted by atomic mass is 32.2. The standard InChI is InChI=1S/C20H20N4O2S2/c1-12-7-13(10-26-2)15(8-21)19(23-12)27-11-18(25)24-20-16(9-22)14-5-3-4-6-17(14)28-20/h7H,3-6,10-11H2,1-2H3,(H,24,25). The number of nitriles is 2. The first-order valence-corrected chi connectivity index (χ1v) is 10.7. The average Bonchev–Trinajstić information content (AvgIpc) is 3.03. The molecule has 144 valence electrons. The summed E-state index contributed by atoms with van der Waals surface area (Å²) in [6, 6.07) is 6.24. The molecular weight excluding hydrogens is 392 g/mol. The van der Waals surface area contributed by atoms with E-state index in [9.17, 15) is 15.3 Å². The monoisotopic (exact) mass is 412 g/mol. The zero-order chi connectivity index (χ0) is 20.1. The second kappa shape index (κ2) is 9.20. The van der Waals surface area contributed by atoms with Crippen LogP contribution >= 0.6 is 23.1 Å². The molecule has 0 atom stereocenters. The van der Waals surface area contributed by atoms with Crippen LogP contribution in [0.25, 0.3) is 0 Å². The highest BCUT2D eigenvalue weighted by molar-refractivity contribution is 8.00. The molecule has 0 aliphatic heterocycles. The van der Waals surface area contributed by atoms with Gasteiger partial charge >= 0.3 is 0 Å². The third-order valence-electron chi connectivity index (χ3n) is 4.48. The molecule has 1 aliphatic carbocycles. The number of aryl methyl sites for hydroxylation is 2. The zero-order valence-electron chi connectivity index (χ0n) is 15.8. The minimum absolute atomic E-state index is 0.116. The van der Waals surface area contributed by atoms with Crippen molar-refractivity contribution in [3.63, 3.8) is 0 Å². The summed E-state index contributed by atoms with van der Waals surface area (Å²) < 4.78 is 5.15. The maximum Gasteiger partial charge on any atom is 0.235 e. The van der Waals surface area contributed by atoms with Gasteiger partial charge in [0.1, 0.15) is 22.2 Å². The normalized spacial score (nSPS) is 12.7. The molecule has 3 rings (SSSR count). The number of rotatable bonds is 6. The molecule has 8 heteroatoms. The maximum absolute atomic E-state index is 12.5. The van der Waals surface area contributed by atoms with Gasteiger partial charge in [0.05, 0.1) is 23.5 Å². The minimum Gasteiger partial charge on any atom is -0.380 e. The molecule has 6 nitrogen and oxygen atoms in total. The molecule has 0 fully saturated rings. The highest BCUT2D eigenvalue weighted by Gasteiger charge is 2.22. The van der Waals surface area contributed by atoms with Crippen LogP contribution < -0.4 is 5.32 Å². The van der Waals surface area contributed by atoms with E-state index in [1.165, 1.54) is 28.0 Å². The number of carbonyl (C=O) groups excluding carboxylic acids is 1. The Morgan fingerprint density at radius 1 is 1.32 bits per heavy atom. The van der Waals surface area contributed by atoms with Gasteiger partial charge in [-0.1, -0.05) is 11.8 Å². The van der Waals surface area contributed by atoms with Crippen LogP contribution in [0.1, 0.15) is 45.7 Å². The highest BCUT2D eigenvalue weighted by Crippen LogP contribution is 2.37. The summed E-state index contributed by atoms with van der Waals surface area (Å²) in [4.78, 5) is 18.1. The number of aromatic nitrogens is 1. The molecule has 1 aliphatic rings. The van der Waals surface area contributed by atoms with Crippen molar-refractivity contribution >= 4 is 34.0 Å². The van der Waals surface area contributed by atoms with Crippen molar-refractivity contribution in [2.24, 2.45) is 0 Å². The molecule has 0 saturated heterocycles. The molecule has 1 amide bonds. The fourth-order valence-corrected chi connectivity index (χ4v) is 5.40. The van der Waals surface area contributed by atoms with Crippen molar-refractivity contribution < 1.29 is 9.53 Å². The van der Waals surface area contributed by atoms with Gasteiger partial charge < -0.3 is 10.1 Å². The number of amides is 1. The van der Waals surface area contributed by atoms with Crippen LogP contribution in [0.3, 0.4) is 0 Å². The fourth-order valence-electron chi connectivity index (χ4n) is 3.27. The van der Waals surface area contributed by atoms with Crippen molar-refractivity contribution in [1.82, 2.24) is 4.98 Å². The van der Waals surface area contributed by atoms with Crippen LogP contribution in [-0.4, -0.2) is 23.8 Å². The van der Waals surface area contributed by atoms with Crippen LogP contribution in [0.15, 0.2) is 11.1 Å². The average molecular weight is 413 g/mol. The summed E-state index contributed by atoms with van der Waals surface area (Å²) in [6.45, 7) is 2.16. The molecular formula is C20H20N4O2S2. The molecule has 2 aromatic rings. The summed E-state index contributed by atoms with van der Waals surface area (Å²) >= 11 is 2.73. The van der Waals surface area contributed by atoms with E-state index in [0.717, 1.165) is 42.5 Å². The Morgan fingerprint density at radius 3 is 2.79 bits per heavy atom. The molecule has 2 heterocycles. The minimum atomic E-state index is -0.208. The number of hydrogen-bond acceptors (Lipinski definition) is 7. The molecule has 0 spiro atoms. The Labute approximate surface area is 172 Å². The Balaban J connectivity index is 1.73. The van der Waals surface area contributed by atoms with Crippen molar-refractivity contribution in [3.05, 3.63) is 38.9 Å². The molecule has 0 bridgehead atoms. The number of thiophene rings is 1. The molecule has 28 heavy (non-hydrogen) atoms. The van der Waals surface area contributed by atoms with Gasteiger partial charge in [-0.25, -0.2) is 4.98 Å². The lowest BCUT2D eigenvalue weighted by Gasteiger charge is -2.10. The predicted molar refractivity (Wildman–Crippen MR) is 109 cm³/mol. The van der Waals surface area contributed by atoms with E-state index in [2.05, 4.69) is 22.4 Å². The molecule has 0 unspecified atom stereocenters. The number of thioether (sulfide) groups is 1. The lowest BCUT2D eigenvalue weighted by molar-refractivity contribution is -0.113. The lowest BCUT2D eigenvalue weighted by Crippen LogP contribution is -2.14. The van der Waals surface area contributed by atoms with Crippen LogP contribution in [0.4, 0.5) is 5.00 Å². The van der Waals surface area contributed by atoms with Crippen molar-refractivity contribution in [3.8, 4) is 12.1 Å². The number of carbonyl (C=O) groups is 1. The molecule has 0 radical (unpaired) electrons. The van der Waals surface area contributed by atoms with Crippen LogP contribution in [-0.2, 0) is 29.0 Å². The quantitative estimate of drug-likeness (QED) is 0.721. The number of anilines is 1. The van der Waals surface area contributed by atoms with Crippen LogP contribution in [0, 0.1) is 29.6 Å². The number of methoxy groups -OCH3 is 1. The Bertz CT molecular complexity index is 986. The van der Waals surface area contributed by atoms with Gasteiger partial charge in [0.2, 0.25) is 5.91 Å². The molecule has 2 aromatic heterocycles. The fraction of sp³-hybridized carbons (Fsp3) is 0.400. The largest absolute Gasteiger partial charge is 0.380 e. The number of nitrogens with zero attached hydrogens (tertiary/aromatic N) is 3. The number of hydrogen-bond donors (Lipinski definition) is 1. The van der Waals surface area contributed by atoms with Gasteiger partial charge in [0, 0.05) is 17.7 Å². The van der Waals surface area contributed by atoms with E-state index in [1.807, 2.05) is 13.0 Å². The predicted octanol–water partition coefficient (Wildman–Crippen LogP) is 3.95. The number of pyridine rings is 1. The molecule has 0 aromatic carbocycles. The van der Waals surface area contributed by atoms with Gasteiger partial charge in [-0.3, -0.25) is 4.79 Å². The lowest BCUT2D eigenvalue weighted by atomic mass is 9.96. The second-order valence-corrected chi connectivity index (χ2v) is 8.58. The number of fused-ring (bicyclic) bond motifs is 1. The zero-order valence-corrected chi connectivity index (χ0v) is 17.4. The number of ether oxygens (including phenoxy) is 1. The topological polar surface area (TPSA) is 98.8 Å². The summed E-state index contributed by atoms with van der Waals surface area (Å²) in [5.41, 5.74) is 3.67. The second-order valence-electron chi connectivity index (χ2n) is 6.51. The summed E-state index contributed by atoms with van der Waals surface area (Å²) in [6.07, 6.45) is 4.09. The summed E-state index contributed by atoms with van der Waals surface area (Å²) in [7, 11) is 1.57. The van der Waals surface area contributed by atoms with E-state index < -0.39 is 0 Å². The van der Waals surface area contributed by atoms with Crippen LogP contribution in [0.5, 0.6) is 0 Å². The van der Waals surface area contributed by atoms with Crippen molar-refractivity contribution in [2.45, 2.75) is 44.2 Å². The summed E-state index contributed by atoms with van der Waals surface area (Å²) in [5.74, 6) is -0.0917. The van der Waals surface area contributed by atoms with Gasteiger partial charge in [-0.2, -0.15) is 10.5 Å². The number of nitrogens with one attached hydrogen (secondary N) is 1. The summed E-state index contributed by atoms with van der Waals surface area (Å²) in [5, 5.41) is 23.0.